The van der Waals surface area contributed by atoms with Crippen molar-refractivity contribution in [3.05, 3.63) is 22.8 Å². The van der Waals surface area contributed by atoms with E-state index >= 15 is 0 Å². The third-order valence-electron chi connectivity index (χ3n) is 3.09. The topological polar surface area (TPSA) is 113 Å². The van der Waals surface area contributed by atoms with E-state index < -0.39 is 10.0 Å². The zero-order valence-corrected chi connectivity index (χ0v) is 12.9. The van der Waals surface area contributed by atoms with Crippen LogP contribution in [0.5, 0.6) is 0 Å². The first-order valence-corrected chi connectivity index (χ1v) is 8.97. The van der Waals surface area contributed by atoms with E-state index in [1.807, 2.05) is 6.07 Å². The van der Waals surface area contributed by atoms with Crippen molar-refractivity contribution in [2.75, 3.05) is 6.54 Å². The third kappa shape index (κ3) is 4.06. The molecule has 10 heteroatoms. The van der Waals surface area contributed by atoms with Crippen LogP contribution in [0.15, 0.2) is 16.3 Å². The zero-order valence-electron chi connectivity index (χ0n) is 11.2. The number of sulfonamides is 1. The number of thiophene rings is 1. The van der Waals surface area contributed by atoms with Gasteiger partial charge in [0.2, 0.25) is 10.0 Å². The summed E-state index contributed by atoms with van der Waals surface area (Å²) in [5, 5.41) is 16.5. The van der Waals surface area contributed by atoms with Crippen molar-refractivity contribution in [2.45, 2.75) is 36.1 Å². The smallest absolute Gasteiger partial charge is 0.250 e. The van der Waals surface area contributed by atoms with Gasteiger partial charge >= 0.3 is 0 Å². The summed E-state index contributed by atoms with van der Waals surface area (Å²) < 4.78 is 27.0. The normalized spacial score (nSPS) is 15.4. The van der Waals surface area contributed by atoms with Gasteiger partial charge in [-0.15, -0.1) is 21.5 Å². The first-order valence-electron chi connectivity index (χ1n) is 6.67. The second-order valence-corrected chi connectivity index (χ2v) is 8.01. The van der Waals surface area contributed by atoms with Crippen molar-refractivity contribution >= 4 is 21.4 Å². The van der Waals surface area contributed by atoms with Gasteiger partial charge in [-0.1, -0.05) is 5.21 Å². The van der Waals surface area contributed by atoms with Crippen LogP contribution in [0.25, 0.3) is 0 Å². The number of rotatable bonds is 8. The molecular formula is C11H16N6O2S2. The molecule has 21 heavy (non-hydrogen) atoms. The molecule has 1 aliphatic carbocycles. The molecule has 0 spiro atoms. The highest BCUT2D eigenvalue weighted by Gasteiger charge is 2.20. The highest BCUT2D eigenvalue weighted by atomic mass is 32.2. The molecule has 1 saturated carbocycles. The van der Waals surface area contributed by atoms with Crippen LogP contribution in [-0.4, -0.2) is 41.6 Å². The summed E-state index contributed by atoms with van der Waals surface area (Å²) in [6.07, 6.45) is 3.36. The van der Waals surface area contributed by atoms with Gasteiger partial charge in [-0.25, -0.2) is 13.1 Å². The number of aromatic nitrogens is 4. The van der Waals surface area contributed by atoms with Crippen molar-refractivity contribution in [2.24, 2.45) is 0 Å². The van der Waals surface area contributed by atoms with E-state index in [9.17, 15) is 8.42 Å². The third-order valence-corrected chi connectivity index (χ3v) is 6.13. The molecular weight excluding hydrogens is 312 g/mol. The van der Waals surface area contributed by atoms with Crippen LogP contribution < -0.4 is 10.0 Å². The molecule has 2 heterocycles. The van der Waals surface area contributed by atoms with Crippen molar-refractivity contribution in [1.29, 1.82) is 0 Å². The van der Waals surface area contributed by atoms with Gasteiger partial charge in [0.1, 0.15) is 4.21 Å². The fourth-order valence-electron chi connectivity index (χ4n) is 1.81. The van der Waals surface area contributed by atoms with E-state index in [1.165, 1.54) is 24.2 Å². The van der Waals surface area contributed by atoms with Gasteiger partial charge in [0.25, 0.3) is 0 Å². The monoisotopic (exact) mass is 328 g/mol. The lowest BCUT2D eigenvalue weighted by molar-refractivity contribution is 0.581. The number of aromatic amines is 1. The number of H-pyrrole nitrogens is 1. The molecule has 2 aromatic rings. The van der Waals surface area contributed by atoms with E-state index in [0.717, 1.165) is 17.8 Å². The Morgan fingerprint density at radius 2 is 2.24 bits per heavy atom. The lowest BCUT2D eigenvalue weighted by Gasteiger charge is -2.02. The fraction of sp³-hybridized carbons (Fsp3) is 0.545. The molecule has 0 amide bonds. The Balaban J connectivity index is 1.55. The molecule has 0 bridgehead atoms. The second kappa shape index (κ2) is 6.18. The maximum atomic E-state index is 12.1. The lowest BCUT2D eigenvalue weighted by atomic mass is 10.3. The molecule has 0 unspecified atom stereocenters. The average Bonchev–Trinajstić information content (AvgIpc) is 2.94. The Kier molecular flexibility index (Phi) is 4.29. The number of hydrogen-bond acceptors (Lipinski definition) is 7. The molecule has 8 nitrogen and oxygen atoms in total. The van der Waals surface area contributed by atoms with Gasteiger partial charge in [-0.05, 0) is 31.4 Å². The number of nitrogens with zero attached hydrogens (tertiary/aromatic N) is 3. The molecule has 3 rings (SSSR count). The summed E-state index contributed by atoms with van der Waals surface area (Å²) in [6.45, 7) is 0.913. The van der Waals surface area contributed by atoms with E-state index in [1.54, 1.807) is 6.07 Å². The summed E-state index contributed by atoms with van der Waals surface area (Å²) in [5.74, 6) is 0.309. The molecule has 0 atom stereocenters. The van der Waals surface area contributed by atoms with Crippen molar-refractivity contribution < 1.29 is 8.42 Å². The molecule has 1 aliphatic rings. The summed E-state index contributed by atoms with van der Waals surface area (Å²) in [6, 6.07) is 4.17. The minimum absolute atomic E-state index is 0.0231. The van der Waals surface area contributed by atoms with Crippen LogP contribution in [0.2, 0.25) is 0 Å². The van der Waals surface area contributed by atoms with E-state index in [4.69, 9.17) is 0 Å². The van der Waals surface area contributed by atoms with Gasteiger partial charge in [0.05, 0.1) is 6.54 Å². The Labute approximate surface area is 126 Å². The predicted octanol–water partition coefficient (Wildman–Crippen LogP) is 0.0342. The SMILES string of the molecule is O=S(=O)(NCc1nn[nH]n1)c1ccc(CCNC2CC2)s1. The number of tetrazole rings is 1. The van der Waals surface area contributed by atoms with Gasteiger partial charge in [-0.3, -0.25) is 0 Å². The molecule has 0 aromatic carbocycles. The van der Waals surface area contributed by atoms with Crippen LogP contribution >= 0.6 is 11.3 Å². The molecule has 0 radical (unpaired) electrons. The minimum Gasteiger partial charge on any atom is -0.314 e. The van der Waals surface area contributed by atoms with Crippen LogP contribution in [0, 0.1) is 0 Å². The van der Waals surface area contributed by atoms with Crippen LogP contribution in [-0.2, 0) is 23.0 Å². The number of hydrogen-bond donors (Lipinski definition) is 3. The summed E-state index contributed by atoms with van der Waals surface area (Å²) >= 11 is 1.29. The number of nitrogens with one attached hydrogen (secondary N) is 3. The molecule has 114 valence electrons. The first-order chi connectivity index (χ1) is 10.1. The Morgan fingerprint density at radius 1 is 1.38 bits per heavy atom. The maximum absolute atomic E-state index is 12.1. The summed E-state index contributed by atoms with van der Waals surface area (Å²) in [5.41, 5.74) is 0. The van der Waals surface area contributed by atoms with Crippen molar-refractivity contribution in [3.8, 4) is 0 Å². The molecule has 3 N–H and O–H groups in total. The van der Waals surface area contributed by atoms with Crippen molar-refractivity contribution in [3.63, 3.8) is 0 Å². The lowest BCUT2D eigenvalue weighted by Crippen LogP contribution is -2.23. The van der Waals surface area contributed by atoms with E-state index in [-0.39, 0.29) is 6.54 Å². The Bertz CT molecular complexity index is 677. The first kappa shape index (κ1) is 14.6. The largest absolute Gasteiger partial charge is 0.314 e. The molecule has 0 saturated heterocycles. The standard InChI is InChI=1S/C11H16N6O2S2/c18-21(19,13-7-10-14-16-17-15-10)11-4-3-9(20-11)5-6-12-8-1-2-8/h3-4,8,12-13H,1-2,5-7H2,(H,14,15,16,17). The predicted molar refractivity (Wildman–Crippen MR) is 77.3 cm³/mol. The summed E-state index contributed by atoms with van der Waals surface area (Å²) in [4.78, 5) is 1.06. The summed E-state index contributed by atoms with van der Waals surface area (Å²) in [7, 11) is -3.52. The Hall–Kier alpha value is -1.36. The van der Waals surface area contributed by atoms with Gasteiger partial charge in [0.15, 0.2) is 5.82 Å². The fourth-order valence-corrected chi connectivity index (χ4v) is 4.19. The van der Waals surface area contributed by atoms with E-state index in [0.29, 0.717) is 16.1 Å². The highest BCUT2D eigenvalue weighted by Crippen LogP contribution is 2.23. The van der Waals surface area contributed by atoms with Gasteiger partial charge in [-0.2, -0.15) is 5.21 Å². The van der Waals surface area contributed by atoms with Crippen molar-refractivity contribution in [1.82, 2.24) is 30.7 Å². The molecule has 1 fully saturated rings. The highest BCUT2D eigenvalue weighted by molar-refractivity contribution is 7.91. The minimum atomic E-state index is -3.52. The zero-order chi connectivity index (χ0) is 14.7. The molecule has 2 aromatic heterocycles. The molecule has 0 aliphatic heterocycles. The van der Waals surface area contributed by atoms with Gasteiger partial charge < -0.3 is 5.32 Å². The van der Waals surface area contributed by atoms with E-state index in [2.05, 4.69) is 30.7 Å². The quantitative estimate of drug-likeness (QED) is 0.630. The Morgan fingerprint density at radius 3 is 2.95 bits per heavy atom. The maximum Gasteiger partial charge on any atom is 0.250 e. The second-order valence-electron chi connectivity index (χ2n) is 4.85. The van der Waals surface area contributed by atoms with Crippen LogP contribution in [0.3, 0.4) is 0 Å². The van der Waals surface area contributed by atoms with Crippen LogP contribution in [0.1, 0.15) is 23.5 Å². The van der Waals surface area contributed by atoms with Gasteiger partial charge in [0, 0.05) is 17.5 Å². The average molecular weight is 328 g/mol. The van der Waals surface area contributed by atoms with Crippen LogP contribution in [0.4, 0.5) is 0 Å².